The number of rotatable bonds is 6. The van der Waals surface area contributed by atoms with Crippen LogP contribution in [0.4, 0.5) is 0 Å². The second-order valence-corrected chi connectivity index (χ2v) is 11.8. The van der Waals surface area contributed by atoms with E-state index in [1.54, 1.807) is 6.07 Å². The molecule has 132 valence electrons. The van der Waals surface area contributed by atoms with Crippen LogP contribution in [-0.4, -0.2) is 28.1 Å². The summed E-state index contributed by atoms with van der Waals surface area (Å²) in [4.78, 5) is 0.848. The SMILES string of the molecule is CC(C)(CN)S(=O)(=O)c1ccc(S(=O)(=O)c2ccc(CN)s2)cc1. The van der Waals surface area contributed by atoms with Gasteiger partial charge in [-0.25, -0.2) is 16.8 Å². The molecular formula is C15H20N2O4S3. The maximum atomic E-state index is 12.6. The van der Waals surface area contributed by atoms with E-state index in [0.717, 1.165) is 16.2 Å². The minimum atomic E-state index is -3.69. The summed E-state index contributed by atoms with van der Waals surface area (Å²) >= 11 is 1.10. The molecule has 0 bridgehead atoms. The molecule has 6 nitrogen and oxygen atoms in total. The van der Waals surface area contributed by atoms with E-state index in [9.17, 15) is 16.8 Å². The van der Waals surface area contributed by atoms with Crippen LogP contribution >= 0.6 is 11.3 Å². The highest BCUT2D eigenvalue weighted by Gasteiger charge is 2.34. The minimum Gasteiger partial charge on any atom is -0.329 e. The van der Waals surface area contributed by atoms with E-state index in [1.807, 2.05) is 0 Å². The number of hydrogen-bond acceptors (Lipinski definition) is 7. The normalized spacial score (nSPS) is 13.2. The zero-order chi connectivity index (χ0) is 18.2. The number of thiophene rings is 1. The molecule has 1 aromatic carbocycles. The average molecular weight is 389 g/mol. The van der Waals surface area contributed by atoms with E-state index in [2.05, 4.69) is 0 Å². The van der Waals surface area contributed by atoms with Crippen LogP contribution in [0.15, 0.2) is 50.4 Å². The van der Waals surface area contributed by atoms with Gasteiger partial charge in [0.2, 0.25) is 9.84 Å². The van der Waals surface area contributed by atoms with Crippen LogP contribution in [0.25, 0.3) is 0 Å². The highest BCUT2D eigenvalue weighted by molar-refractivity contribution is 7.93. The molecule has 0 radical (unpaired) electrons. The van der Waals surface area contributed by atoms with Crippen molar-refractivity contribution >= 4 is 31.0 Å². The van der Waals surface area contributed by atoms with Gasteiger partial charge >= 0.3 is 0 Å². The first-order valence-corrected chi connectivity index (χ1v) is 10.9. The molecule has 0 fully saturated rings. The maximum absolute atomic E-state index is 12.6. The molecule has 0 amide bonds. The fraction of sp³-hybridized carbons (Fsp3) is 0.333. The Bertz CT molecular complexity index is 927. The predicted octanol–water partition coefficient (Wildman–Crippen LogP) is 1.55. The van der Waals surface area contributed by atoms with Crippen molar-refractivity contribution in [3.63, 3.8) is 0 Å². The van der Waals surface area contributed by atoms with E-state index in [1.165, 1.54) is 44.2 Å². The van der Waals surface area contributed by atoms with Crippen LogP contribution < -0.4 is 11.5 Å². The molecular weight excluding hydrogens is 368 g/mol. The van der Waals surface area contributed by atoms with Crippen LogP contribution in [0.2, 0.25) is 0 Å². The van der Waals surface area contributed by atoms with Crippen LogP contribution in [0, 0.1) is 0 Å². The highest BCUT2D eigenvalue weighted by atomic mass is 32.2. The van der Waals surface area contributed by atoms with E-state index in [-0.39, 0.29) is 27.1 Å². The number of nitrogens with two attached hydrogens (primary N) is 2. The monoisotopic (exact) mass is 388 g/mol. The largest absolute Gasteiger partial charge is 0.329 e. The fourth-order valence-electron chi connectivity index (χ4n) is 1.96. The number of sulfone groups is 2. The van der Waals surface area contributed by atoms with Gasteiger partial charge in [-0.2, -0.15) is 0 Å². The fourth-order valence-corrected chi connectivity index (χ4v) is 5.94. The second-order valence-electron chi connectivity index (χ2n) is 5.87. The molecule has 2 aromatic rings. The first kappa shape index (κ1) is 19.1. The van der Waals surface area contributed by atoms with Gasteiger partial charge in [0.15, 0.2) is 9.84 Å². The van der Waals surface area contributed by atoms with Gasteiger partial charge < -0.3 is 11.5 Å². The number of hydrogen-bond donors (Lipinski definition) is 2. The van der Waals surface area contributed by atoms with Crippen LogP contribution in [0.5, 0.6) is 0 Å². The molecule has 0 unspecified atom stereocenters. The van der Waals surface area contributed by atoms with Crippen molar-refractivity contribution in [3.8, 4) is 0 Å². The molecule has 0 saturated heterocycles. The minimum absolute atomic E-state index is 0.0353. The smallest absolute Gasteiger partial charge is 0.215 e. The van der Waals surface area contributed by atoms with Crippen molar-refractivity contribution in [1.82, 2.24) is 0 Å². The van der Waals surface area contributed by atoms with Crippen LogP contribution in [0.1, 0.15) is 18.7 Å². The molecule has 1 heterocycles. The lowest BCUT2D eigenvalue weighted by Crippen LogP contribution is -2.39. The molecule has 0 saturated carbocycles. The zero-order valence-corrected chi connectivity index (χ0v) is 15.8. The summed E-state index contributed by atoms with van der Waals surface area (Å²) in [6, 6.07) is 8.38. The van der Waals surface area contributed by atoms with E-state index in [0.29, 0.717) is 0 Å². The topological polar surface area (TPSA) is 120 Å². The second kappa shape index (κ2) is 6.57. The van der Waals surface area contributed by atoms with Crippen LogP contribution in [0.3, 0.4) is 0 Å². The van der Waals surface area contributed by atoms with E-state index in [4.69, 9.17) is 11.5 Å². The van der Waals surface area contributed by atoms with Gasteiger partial charge in [-0.05, 0) is 50.2 Å². The molecule has 2 rings (SSSR count). The Balaban J connectivity index is 2.43. The van der Waals surface area contributed by atoms with Crippen molar-refractivity contribution in [1.29, 1.82) is 0 Å². The Morgan fingerprint density at radius 1 is 0.917 bits per heavy atom. The summed E-state index contributed by atoms with van der Waals surface area (Å²) in [6.45, 7) is 3.30. The third-order valence-electron chi connectivity index (χ3n) is 3.77. The van der Waals surface area contributed by atoms with Gasteiger partial charge in [-0.15, -0.1) is 11.3 Å². The Morgan fingerprint density at radius 2 is 1.46 bits per heavy atom. The summed E-state index contributed by atoms with van der Waals surface area (Å²) < 4.78 is 49.2. The highest BCUT2D eigenvalue weighted by Crippen LogP contribution is 2.30. The molecule has 0 atom stereocenters. The summed E-state index contributed by atoms with van der Waals surface area (Å²) in [5, 5.41) is 0. The molecule has 0 aliphatic carbocycles. The third kappa shape index (κ3) is 3.27. The van der Waals surface area contributed by atoms with Crippen molar-refractivity contribution in [2.24, 2.45) is 11.5 Å². The molecule has 0 aliphatic heterocycles. The lowest BCUT2D eigenvalue weighted by molar-refractivity contribution is 0.548. The Kier molecular flexibility index (Phi) is 5.22. The summed E-state index contributed by atoms with van der Waals surface area (Å²) in [5.74, 6) is 0. The lowest BCUT2D eigenvalue weighted by Gasteiger charge is -2.22. The Labute approximate surface area is 146 Å². The molecule has 1 aromatic heterocycles. The molecule has 9 heteroatoms. The summed E-state index contributed by atoms with van der Waals surface area (Å²) in [5.41, 5.74) is 11.0. The first-order valence-electron chi connectivity index (χ1n) is 7.15. The molecule has 0 spiro atoms. The van der Waals surface area contributed by atoms with E-state index >= 15 is 0 Å². The average Bonchev–Trinajstić information content (AvgIpc) is 3.04. The van der Waals surface area contributed by atoms with Crippen molar-refractivity contribution in [2.45, 2.75) is 39.1 Å². The predicted molar refractivity (Wildman–Crippen MR) is 94.4 cm³/mol. The molecule has 24 heavy (non-hydrogen) atoms. The van der Waals surface area contributed by atoms with Gasteiger partial charge in [0, 0.05) is 18.0 Å². The van der Waals surface area contributed by atoms with Gasteiger partial charge in [-0.3, -0.25) is 0 Å². The first-order chi connectivity index (χ1) is 11.1. The van der Waals surface area contributed by atoms with Gasteiger partial charge in [0.05, 0.1) is 14.5 Å². The van der Waals surface area contributed by atoms with Crippen molar-refractivity contribution < 1.29 is 16.8 Å². The van der Waals surface area contributed by atoms with Gasteiger partial charge in [0.1, 0.15) is 4.21 Å². The van der Waals surface area contributed by atoms with Gasteiger partial charge in [-0.1, -0.05) is 0 Å². The maximum Gasteiger partial charge on any atom is 0.215 e. The summed E-state index contributed by atoms with van der Waals surface area (Å²) in [6.07, 6.45) is 0. The van der Waals surface area contributed by atoms with Gasteiger partial charge in [0.25, 0.3) is 0 Å². The zero-order valence-electron chi connectivity index (χ0n) is 13.4. The summed E-state index contributed by atoms with van der Waals surface area (Å²) in [7, 11) is -7.34. The Morgan fingerprint density at radius 3 is 1.92 bits per heavy atom. The molecule has 0 aliphatic rings. The lowest BCUT2D eigenvalue weighted by atomic mass is 10.2. The quantitative estimate of drug-likeness (QED) is 0.774. The molecule has 4 N–H and O–H groups in total. The van der Waals surface area contributed by atoms with E-state index < -0.39 is 24.4 Å². The standard InChI is InChI=1S/C15H20N2O4S3/c1-15(2,10-17)24(20,21)13-6-4-12(5-7-13)23(18,19)14-8-3-11(9-16)22-14/h3-8H,9-10,16-17H2,1-2H3. The Hall–Kier alpha value is -1.26. The number of benzene rings is 1. The van der Waals surface area contributed by atoms with Crippen LogP contribution in [-0.2, 0) is 26.2 Å². The van der Waals surface area contributed by atoms with Crippen molar-refractivity contribution in [3.05, 3.63) is 41.3 Å². The third-order valence-corrected chi connectivity index (χ3v) is 9.65. The van der Waals surface area contributed by atoms with Crippen molar-refractivity contribution in [2.75, 3.05) is 6.54 Å².